The van der Waals surface area contributed by atoms with Crippen molar-refractivity contribution in [2.45, 2.75) is 0 Å². The van der Waals surface area contributed by atoms with Crippen LogP contribution < -0.4 is 19.5 Å². The van der Waals surface area contributed by atoms with Crippen molar-refractivity contribution < 1.29 is 23.7 Å². The molecule has 106 valence electrons. The molecule has 6 nitrogen and oxygen atoms in total. The molecule has 0 spiro atoms. The van der Waals surface area contributed by atoms with Crippen LogP contribution in [0.25, 0.3) is 0 Å². The smallest absolute Gasteiger partial charge is 0.255 e. The van der Waals surface area contributed by atoms with Crippen LogP contribution in [0.5, 0.6) is 17.2 Å². The molecule has 0 atom stereocenters. The molecule has 6 heteroatoms. The SMILES string of the molecule is COCCNC(=O)c1cc(OC)c(OC)cc1OC. The first-order valence-electron chi connectivity index (χ1n) is 5.75. The maximum absolute atomic E-state index is 12.0. The molecule has 0 saturated heterocycles. The van der Waals surface area contributed by atoms with Crippen LogP contribution in [0.15, 0.2) is 12.1 Å². The molecule has 1 rings (SSSR count). The largest absolute Gasteiger partial charge is 0.496 e. The number of hydrogen-bond donors (Lipinski definition) is 1. The summed E-state index contributed by atoms with van der Waals surface area (Å²) >= 11 is 0. The van der Waals surface area contributed by atoms with Crippen LogP contribution in [0.1, 0.15) is 10.4 Å². The van der Waals surface area contributed by atoms with Crippen molar-refractivity contribution in [3.05, 3.63) is 17.7 Å². The lowest BCUT2D eigenvalue weighted by Crippen LogP contribution is -2.27. The van der Waals surface area contributed by atoms with Crippen LogP contribution in [0.2, 0.25) is 0 Å². The van der Waals surface area contributed by atoms with Crippen LogP contribution in [0, 0.1) is 0 Å². The van der Waals surface area contributed by atoms with Crippen molar-refractivity contribution in [3.63, 3.8) is 0 Å². The Balaban J connectivity index is 3.00. The number of amides is 1. The Morgan fingerprint density at radius 3 is 2.11 bits per heavy atom. The Hall–Kier alpha value is -1.95. The minimum absolute atomic E-state index is 0.255. The average molecular weight is 269 g/mol. The van der Waals surface area contributed by atoms with Gasteiger partial charge in [0.2, 0.25) is 0 Å². The summed E-state index contributed by atoms with van der Waals surface area (Å²) in [5.74, 6) is 1.15. The van der Waals surface area contributed by atoms with E-state index in [-0.39, 0.29) is 5.91 Å². The number of nitrogens with one attached hydrogen (secondary N) is 1. The summed E-state index contributed by atoms with van der Waals surface area (Å²) in [5, 5.41) is 2.72. The molecule has 0 aliphatic carbocycles. The summed E-state index contributed by atoms with van der Waals surface area (Å²) in [6.07, 6.45) is 0. The molecule has 0 aliphatic heterocycles. The number of rotatable bonds is 7. The maximum atomic E-state index is 12.0. The van der Waals surface area contributed by atoms with Crippen molar-refractivity contribution in [2.24, 2.45) is 0 Å². The Labute approximate surface area is 112 Å². The zero-order valence-corrected chi connectivity index (χ0v) is 11.6. The minimum atomic E-state index is -0.255. The van der Waals surface area contributed by atoms with E-state index in [2.05, 4.69) is 5.32 Å². The fourth-order valence-corrected chi connectivity index (χ4v) is 1.57. The molecule has 1 amide bonds. The fourth-order valence-electron chi connectivity index (χ4n) is 1.57. The van der Waals surface area contributed by atoms with Gasteiger partial charge in [-0.1, -0.05) is 0 Å². The van der Waals surface area contributed by atoms with Crippen LogP contribution in [0.4, 0.5) is 0 Å². The molecule has 0 saturated carbocycles. The van der Waals surface area contributed by atoms with Gasteiger partial charge in [0.15, 0.2) is 11.5 Å². The average Bonchev–Trinajstić information content (AvgIpc) is 2.45. The predicted octanol–water partition coefficient (Wildman–Crippen LogP) is 1.09. The quantitative estimate of drug-likeness (QED) is 0.751. The Morgan fingerprint density at radius 1 is 1.00 bits per heavy atom. The van der Waals surface area contributed by atoms with Gasteiger partial charge in [-0.2, -0.15) is 0 Å². The normalized spacial score (nSPS) is 9.89. The van der Waals surface area contributed by atoms with Gasteiger partial charge < -0.3 is 24.3 Å². The van der Waals surface area contributed by atoms with Gasteiger partial charge >= 0.3 is 0 Å². The first-order chi connectivity index (χ1) is 9.17. The van der Waals surface area contributed by atoms with Gasteiger partial charge in [0, 0.05) is 25.8 Å². The molecule has 1 aromatic carbocycles. The summed E-state index contributed by atoms with van der Waals surface area (Å²) < 4.78 is 20.4. The third-order valence-corrected chi connectivity index (χ3v) is 2.54. The molecule has 0 unspecified atom stereocenters. The van der Waals surface area contributed by atoms with E-state index in [9.17, 15) is 4.79 Å². The van der Waals surface area contributed by atoms with Gasteiger partial charge in [-0.25, -0.2) is 0 Å². The van der Waals surface area contributed by atoms with Crippen molar-refractivity contribution >= 4 is 5.91 Å². The van der Waals surface area contributed by atoms with E-state index in [1.165, 1.54) is 21.3 Å². The lowest BCUT2D eigenvalue weighted by molar-refractivity contribution is 0.0933. The van der Waals surface area contributed by atoms with Gasteiger partial charge in [0.1, 0.15) is 5.75 Å². The number of ether oxygens (including phenoxy) is 4. The lowest BCUT2D eigenvalue weighted by atomic mass is 10.1. The highest BCUT2D eigenvalue weighted by Crippen LogP contribution is 2.34. The first-order valence-corrected chi connectivity index (χ1v) is 5.75. The number of methoxy groups -OCH3 is 4. The van der Waals surface area contributed by atoms with Gasteiger partial charge in [-0.15, -0.1) is 0 Å². The predicted molar refractivity (Wildman–Crippen MR) is 70.3 cm³/mol. The number of carbonyl (C=O) groups is 1. The number of carbonyl (C=O) groups excluding carboxylic acids is 1. The van der Waals surface area contributed by atoms with E-state index in [0.717, 1.165) is 0 Å². The number of hydrogen-bond acceptors (Lipinski definition) is 5. The highest BCUT2D eigenvalue weighted by molar-refractivity contribution is 5.97. The Bertz CT molecular complexity index is 433. The molecule has 1 N–H and O–H groups in total. The van der Waals surface area contributed by atoms with Crippen LogP contribution >= 0.6 is 0 Å². The fraction of sp³-hybridized carbons (Fsp3) is 0.462. The lowest BCUT2D eigenvalue weighted by Gasteiger charge is -2.13. The summed E-state index contributed by atoms with van der Waals surface area (Å²) in [6.45, 7) is 0.869. The molecule has 0 fully saturated rings. The van der Waals surface area contributed by atoms with E-state index >= 15 is 0 Å². The topological polar surface area (TPSA) is 66.0 Å². The summed E-state index contributed by atoms with van der Waals surface area (Å²) in [6, 6.07) is 3.20. The molecule has 19 heavy (non-hydrogen) atoms. The summed E-state index contributed by atoms with van der Waals surface area (Å²) in [4.78, 5) is 12.0. The standard InChI is InChI=1S/C13H19NO5/c1-16-6-5-14-13(15)9-7-11(18-3)12(19-4)8-10(9)17-2/h7-8H,5-6H2,1-4H3,(H,14,15). The highest BCUT2D eigenvalue weighted by atomic mass is 16.5. The van der Waals surface area contributed by atoms with E-state index in [1.54, 1.807) is 19.2 Å². The first kappa shape index (κ1) is 15.1. The van der Waals surface area contributed by atoms with Gasteiger partial charge in [0.25, 0.3) is 5.91 Å². The second kappa shape index (κ2) is 7.48. The number of benzene rings is 1. The molecule has 0 aliphatic rings. The van der Waals surface area contributed by atoms with Gasteiger partial charge in [-0.3, -0.25) is 4.79 Å². The van der Waals surface area contributed by atoms with Crippen LogP contribution in [0.3, 0.4) is 0 Å². The third-order valence-electron chi connectivity index (χ3n) is 2.54. The molecule has 0 radical (unpaired) electrons. The third kappa shape index (κ3) is 3.75. The van der Waals surface area contributed by atoms with Crippen molar-refractivity contribution in [2.75, 3.05) is 41.6 Å². The van der Waals surface area contributed by atoms with E-state index in [0.29, 0.717) is 36.0 Å². The Morgan fingerprint density at radius 2 is 1.58 bits per heavy atom. The van der Waals surface area contributed by atoms with Crippen molar-refractivity contribution in [3.8, 4) is 17.2 Å². The summed E-state index contributed by atoms with van der Waals surface area (Å²) in [5.41, 5.74) is 0.385. The van der Waals surface area contributed by atoms with Gasteiger partial charge in [0.05, 0.1) is 33.5 Å². The molecule has 1 aromatic rings. The van der Waals surface area contributed by atoms with Crippen LogP contribution in [-0.2, 0) is 4.74 Å². The van der Waals surface area contributed by atoms with E-state index in [1.807, 2.05) is 0 Å². The van der Waals surface area contributed by atoms with Crippen molar-refractivity contribution in [1.82, 2.24) is 5.32 Å². The second-order valence-corrected chi connectivity index (χ2v) is 3.66. The van der Waals surface area contributed by atoms with Crippen molar-refractivity contribution in [1.29, 1.82) is 0 Å². The van der Waals surface area contributed by atoms with Crippen LogP contribution in [-0.4, -0.2) is 47.5 Å². The van der Waals surface area contributed by atoms with Gasteiger partial charge in [-0.05, 0) is 0 Å². The highest BCUT2D eigenvalue weighted by Gasteiger charge is 2.17. The minimum Gasteiger partial charge on any atom is -0.496 e. The molecular weight excluding hydrogens is 250 g/mol. The zero-order chi connectivity index (χ0) is 14.3. The van der Waals surface area contributed by atoms with E-state index < -0.39 is 0 Å². The molecule has 0 bridgehead atoms. The van der Waals surface area contributed by atoms with E-state index in [4.69, 9.17) is 18.9 Å². The monoisotopic (exact) mass is 269 g/mol. The Kier molecular flexibility index (Phi) is 5.95. The second-order valence-electron chi connectivity index (χ2n) is 3.66. The molecule has 0 heterocycles. The maximum Gasteiger partial charge on any atom is 0.255 e. The molecule has 0 aromatic heterocycles. The molecular formula is C13H19NO5. The summed E-state index contributed by atoms with van der Waals surface area (Å²) in [7, 11) is 6.10. The zero-order valence-electron chi connectivity index (χ0n) is 11.6.